The topological polar surface area (TPSA) is 86.3 Å². The van der Waals surface area contributed by atoms with Crippen LogP contribution in [0, 0.1) is 5.82 Å². The minimum Gasteiger partial charge on any atom is -0.391 e. The largest absolute Gasteiger partial charge is 0.411 e. The molecule has 0 bridgehead atoms. The molecule has 1 amide bonds. The number of fused-ring (bicyclic) bond motifs is 1. The normalized spacial score (nSPS) is 14.0. The second kappa shape index (κ2) is 6.81. The zero-order chi connectivity index (χ0) is 19.0. The third-order valence-electron chi connectivity index (χ3n) is 4.52. The zero-order valence-corrected chi connectivity index (χ0v) is 14.7. The molecule has 0 spiro atoms. The molecule has 0 radical (unpaired) electrons. The van der Waals surface area contributed by atoms with E-state index in [-0.39, 0.29) is 11.7 Å². The number of hydrogen-bond donors (Lipinski definition) is 1. The highest BCUT2D eigenvalue weighted by molar-refractivity contribution is 5.83. The minimum atomic E-state index is -0.921. The van der Waals surface area contributed by atoms with E-state index < -0.39 is 6.09 Å². The Balaban J connectivity index is 1.89. The van der Waals surface area contributed by atoms with E-state index in [2.05, 4.69) is 9.88 Å². The van der Waals surface area contributed by atoms with Crippen LogP contribution in [0.5, 0.6) is 5.88 Å². The Morgan fingerprint density at radius 1 is 1.19 bits per heavy atom. The van der Waals surface area contributed by atoms with E-state index in [1.165, 1.54) is 12.1 Å². The molecule has 1 aliphatic heterocycles. The molecule has 0 aliphatic carbocycles. The van der Waals surface area contributed by atoms with Gasteiger partial charge >= 0.3 is 6.09 Å². The molecular weight excluding hydrogens is 349 g/mol. The number of carbonyl (C=O) groups is 1. The fraction of sp³-hybridized carbons (Fsp3) is 0.211. The SMILES string of the molecule is CN1CCn2nc(-c3ccc(F)cc3)c(-c3ccnc(OC(N)=O)c3)c2C1. The summed E-state index contributed by atoms with van der Waals surface area (Å²) in [6.07, 6.45) is 0.633. The van der Waals surface area contributed by atoms with Gasteiger partial charge in [0, 0.05) is 36.5 Å². The summed E-state index contributed by atoms with van der Waals surface area (Å²) in [6.45, 7) is 2.37. The summed E-state index contributed by atoms with van der Waals surface area (Å²) in [7, 11) is 2.05. The molecule has 8 heteroatoms. The number of pyridine rings is 1. The maximum Gasteiger partial charge on any atom is 0.411 e. The fourth-order valence-corrected chi connectivity index (χ4v) is 3.28. The van der Waals surface area contributed by atoms with Gasteiger partial charge in [-0.2, -0.15) is 5.10 Å². The van der Waals surface area contributed by atoms with Gasteiger partial charge in [-0.25, -0.2) is 14.2 Å². The smallest absolute Gasteiger partial charge is 0.391 e. The summed E-state index contributed by atoms with van der Waals surface area (Å²) < 4.78 is 20.3. The second-order valence-corrected chi connectivity index (χ2v) is 6.44. The quantitative estimate of drug-likeness (QED) is 0.769. The monoisotopic (exact) mass is 367 g/mol. The molecule has 1 aliphatic rings. The molecule has 138 valence electrons. The number of nitrogens with two attached hydrogens (primary N) is 1. The minimum absolute atomic E-state index is 0.120. The lowest BCUT2D eigenvalue weighted by molar-refractivity contribution is 0.209. The Kier molecular flexibility index (Phi) is 4.33. The van der Waals surface area contributed by atoms with E-state index in [9.17, 15) is 9.18 Å². The number of carbonyl (C=O) groups excluding carboxylic acids is 1. The second-order valence-electron chi connectivity index (χ2n) is 6.44. The highest BCUT2D eigenvalue weighted by atomic mass is 19.1. The van der Waals surface area contributed by atoms with Gasteiger partial charge in [0.2, 0.25) is 5.88 Å². The molecular formula is C19H18FN5O2. The van der Waals surface area contributed by atoms with Crippen LogP contribution in [0.3, 0.4) is 0 Å². The maximum atomic E-state index is 13.4. The van der Waals surface area contributed by atoms with Crippen LogP contribution >= 0.6 is 0 Å². The predicted molar refractivity (Wildman–Crippen MR) is 97.4 cm³/mol. The van der Waals surface area contributed by atoms with Gasteiger partial charge in [0.05, 0.1) is 12.2 Å². The van der Waals surface area contributed by atoms with Crippen molar-refractivity contribution in [2.24, 2.45) is 5.73 Å². The number of ether oxygens (including phenoxy) is 1. The van der Waals surface area contributed by atoms with Gasteiger partial charge in [-0.15, -0.1) is 0 Å². The van der Waals surface area contributed by atoms with E-state index in [1.54, 1.807) is 24.4 Å². The zero-order valence-electron chi connectivity index (χ0n) is 14.7. The predicted octanol–water partition coefficient (Wildman–Crippen LogP) is 2.65. The van der Waals surface area contributed by atoms with Crippen molar-refractivity contribution >= 4 is 6.09 Å². The highest BCUT2D eigenvalue weighted by Gasteiger charge is 2.25. The van der Waals surface area contributed by atoms with E-state index >= 15 is 0 Å². The molecule has 2 aromatic heterocycles. The molecule has 0 fully saturated rings. The summed E-state index contributed by atoms with van der Waals surface area (Å²) in [5.74, 6) is -0.181. The molecule has 4 rings (SSSR count). The molecule has 3 aromatic rings. The summed E-state index contributed by atoms with van der Waals surface area (Å²) in [5.41, 5.74) is 9.41. The van der Waals surface area contributed by atoms with E-state index in [0.29, 0.717) is 0 Å². The Bertz CT molecular complexity index is 1000. The molecule has 0 saturated heterocycles. The van der Waals surface area contributed by atoms with Gasteiger partial charge in [0.15, 0.2) is 0 Å². The third-order valence-corrected chi connectivity index (χ3v) is 4.52. The van der Waals surface area contributed by atoms with Gasteiger partial charge in [0.1, 0.15) is 11.5 Å². The lowest BCUT2D eigenvalue weighted by atomic mass is 9.99. The van der Waals surface area contributed by atoms with Crippen molar-refractivity contribution in [3.05, 3.63) is 54.1 Å². The van der Waals surface area contributed by atoms with Gasteiger partial charge in [0.25, 0.3) is 0 Å². The van der Waals surface area contributed by atoms with Crippen LogP contribution in [-0.4, -0.2) is 39.4 Å². The first-order valence-electron chi connectivity index (χ1n) is 8.49. The average Bonchev–Trinajstić information content (AvgIpc) is 3.00. The van der Waals surface area contributed by atoms with E-state index in [1.807, 2.05) is 17.8 Å². The van der Waals surface area contributed by atoms with Gasteiger partial charge < -0.3 is 10.5 Å². The average molecular weight is 367 g/mol. The van der Waals surface area contributed by atoms with Crippen LogP contribution in [0.1, 0.15) is 5.69 Å². The Morgan fingerprint density at radius 2 is 1.96 bits per heavy atom. The van der Waals surface area contributed by atoms with Crippen molar-refractivity contribution in [1.29, 1.82) is 0 Å². The number of halogens is 1. The van der Waals surface area contributed by atoms with Crippen molar-refractivity contribution in [1.82, 2.24) is 19.7 Å². The number of amides is 1. The van der Waals surface area contributed by atoms with Crippen molar-refractivity contribution in [3.63, 3.8) is 0 Å². The van der Waals surface area contributed by atoms with Gasteiger partial charge in [-0.3, -0.25) is 9.58 Å². The lowest BCUT2D eigenvalue weighted by Gasteiger charge is -2.24. The van der Waals surface area contributed by atoms with E-state index in [4.69, 9.17) is 15.6 Å². The van der Waals surface area contributed by atoms with Crippen LogP contribution < -0.4 is 10.5 Å². The first-order chi connectivity index (χ1) is 13.0. The molecule has 1 aromatic carbocycles. The standard InChI is InChI=1S/C19H18FN5O2/c1-24-8-9-25-15(11-24)17(13-6-7-22-16(10-13)27-19(21)26)18(23-25)12-2-4-14(20)5-3-12/h2-7,10H,8-9,11H2,1H3,(H2,21,26). The van der Waals surface area contributed by atoms with Gasteiger partial charge in [-0.05, 0) is 42.9 Å². The first kappa shape index (κ1) is 17.2. The van der Waals surface area contributed by atoms with Crippen molar-refractivity contribution in [3.8, 4) is 28.3 Å². The molecule has 27 heavy (non-hydrogen) atoms. The molecule has 2 N–H and O–H groups in total. The number of hydrogen-bond acceptors (Lipinski definition) is 5. The van der Waals surface area contributed by atoms with Crippen LogP contribution in [0.4, 0.5) is 9.18 Å². The molecule has 3 heterocycles. The number of rotatable bonds is 3. The molecule has 0 atom stereocenters. The number of aromatic nitrogens is 3. The molecule has 0 saturated carbocycles. The molecule has 7 nitrogen and oxygen atoms in total. The van der Waals surface area contributed by atoms with Crippen molar-refractivity contribution in [2.75, 3.05) is 13.6 Å². The fourth-order valence-electron chi connectivity index (χ4n) is 3.28. The van der Waals surface area contributed by atoms with Crippen molar-refractivity contribution < 1.29 is 13.9 Å². The maximum absolute atomic E-state index is 13.4. The number of primary amides is 1. The van der Waals surface area contributed by atoms with Crippen molar-refractivity contribution in [2.45, 2.75) is 13.1 Å². The van der Waals surface area contributed by atoms with Gasteiger partial charge in [-0.1, -0.05) is 0 Å². The Labute approximate surface area is 155 Å². The van der Waals surface area contributed by atoms with Crippen LogP contribution in [0.25, 0.3) is 22.4 Å². The highest BCUT2D eigenvalue weighted by Crippen LogP contribution is 2.37. The summed E-state index contributed by atoms with van der Waals surface area (Å²) in [4.78, 5) is 17.3. The van der Waals surface area contributed by atoms with Crippen LogP contribution in [0.15, 0.2) is 42.6 Å². The first-order valence-corrected chi connectivity index (χ1v) is 8.49. The summed E-state index contributed by atoms with van der Waals surface area (Å²) >= 11 is 0. The summed E-state index contributed by atoms with van der Waals surface area (Å²) in [6, 6.07) is 9.73. The number of benzene rings is 1. The van der Waals surface area contributed by atoms with Crippen LogP contribution in [-0.2, 0) is 13.1 Å². The summed E-state index contributed by atoms with van der Waals surface area (Å²) in [5, 5.41) is 4.77. The third kappa shape index (κ3) is 3.39. The number of likely N-dealkylation sites (N-methyl/N-ethyl adjacent to an activating group) is 1. The van der Waals surface area contributed by atoms with Crippen LogP contribution in [0.2, 0.25) is 0 Å². The van der Waals surface area contributed by atoms with E-state index in [0.717, 1.165) is 47.7 Å². The number of nitrogens with zero attached hydrogens (tertiary/aromatic N) is 4. The Morgan fingerprint density at radius 3 is 2.70 bits per heavy atom. The molecule has 0 unspecified atom stereocenters. The Hall–Kier alpha value is -3.26. The lowest BCUT2D eigenvalue weighted by Crippen LogP contribution is -2.30.